The van der Waals surface area contributed by atoms with Crippen molar-refractivity contribution in [1.82, 2.24) is 5.01 Å². The van der Waals surface area contributed by atoms with Crippen molar-refractivity contribution in [2.24, 2.45) is 5.10 Å². The number of rotatable bonds is 3. The van der Waals surface area contributed by atoms with Crippen molar-refractivity contribution in [3.63, 3.8) is 0 Å². The van der Waals surface area contributed by atoms with Crippen LogP contribution >= 0.6 is 0 Å². The number of anilines is 1. The van der Waals surface area contributed by atoms with E-state index in [-0.39, 0.29) is 17.8 Å². The zero-order valence-corrected chi connectivity index (χ0v) is 19.3. The van der Waals surface area contributed by atoms with Crippen LogP contribution in [0.3, 0.4) is 0 Å². The van der Waals surface area contributed by atoms with E-state index in [0.717, 1.165) is 33.7 Å². The summed E-state index contributed by atoms with van der Waals surface area (Å²) in [5.41, 5.74) is 3.80. The van der Waals surface area contributed by atoms with Crippen LogP contribution in [0.15, 0.2) is 108 Å². The molecule has 0 aromatic heterocycles. The minimum atomic E-state index is -1.42. The van der Waals surface area contributed by atoms with Gasteiger partial charge in [-0.1, -0.05) is 78.9 Å². The molecule has 5 nitrogen and oxygen atoms in total. The summed E-state index contributed by atoms with van der Waals surface area (Å²) >= 11 is 0. The normalized spacial score (nSPS) is 21.6. The lowest BCUT2D eigenvalue weighted by Crippen LogP contribution is -2.57. The fourth-order valence-electron chi connectivity index (χ4n) is 5.56. The molecule has 3 aliphatic rings. The van der Waals surface area contributed by atoms with Gasteiger partial charge in [-0.2, -0.15) is 5.10 Å². The van der Waals surface area contributed by atoms with Crippen LogP contribution in [-0.4, -0.2) is 16.6 Å². The molecule has 7 rings (SSSR count). The standard InChI is InChI=1S/C30H22FN3O2/c31-22-16-14-21(15-17-22)25-18-27-23-10-4-7-13-28(23)36-30(34(27)32-25)24-11-5-6-12-26(24)33(29(30)35)19-20-8-2-1-3-9-20/h1-17,27H,18-19H2/t27-,30-/m0/s1. The maximum absolute atomic E-state index is 14.4. The van der Waals surface area contributed by atoms with E-state index in [1.807, 2.05) is 83.9 Å². The van der Waals surface area contributed by atoms with Crippen molar-refractivity contribution in [2.75, 3.05) is 4.90 Å². The molecular weight excluding hydrogens is 453 g/mol. The number of fused-ring (bicyclic) bond motifs is 6. The molecule has 0 saturated carbocycles. The number of hydrazone groups is 1. The first-order valence-electron chi connectivity index (χ1n) is 12.0. The third-order valence-corrected chi connectivity index (χ3v) is 7.22. The molecule has 0 radical (unpaired) electrons. The lowest BCUT2D eigenvalue weighted by atomic mass is 9.92. The van der Waals surface area contributed by atoms with Crippen LogP contribution in [0, 0.1) is 5.82 Å². The second-order valence-electron chi connectivity index (χ2n) is 9.30. The molecule has 3 heterocycles. The number of hydrogen-bond donors (Lipinski definition) is 0. The minimum absolute atomic E-state index is 0.170. The van der Waals surface area contributed by atoms with Crippen molar-refractivity contribution in [1.29, 1.82) is 0 Å². The molecule has 36 heavy (non-hydrogen) atoms. The zero-order valence-electron chi connectivity index (χ0n) is 19.3. The van der Waals surface area contributed by atoms with E-state index in [9.17, 15) is 9.18 Å². The predicted molar refractivity (Wildman–Crippen MR) is 135 cm³/mol. The van der Waals surface area contributed by atoms with Gasteiger partial charge in [-0.3, -0.25) is 4.79 Å². The van der Waals surface area contributed by atoms with Crippen LogP contribution in [0.25, 0.3) is 0 Å². The van der Waals surface area contributed by atoms with Gasteiger partial charge in [0.1, 0.15) is 11.6 Å². The van der Waals surface area contributed by atoms with E-state index < -0.39 is 5.72 Å². The van der Waals surface area contributed by atoms with Gasteiger partial charge in [-0.15, -0.1) is 0 Å². The van der Waals surface area contributed by atoms with Crippen LogP contribution in [0.1, 0.15) is 34.7 Å². The summed E-state index contributed by atoms with van der Waals surface area (Å²) in [6.07, 6.45) is 0.585. The molecule has 0 bridgehead atoms. The first kappa shape index (κ1) is 20.9. The van der Waals surface area contributed by atoms with Gasteiger partial charge in [-0.05, 0) is 35.4 Å². The number of nitrogens with zero attached hydrogens (tertiary/aromatic N) is 3. The molecule has 4 aromatic rings. The van der Waals surface area contributed by atoms with Gasteiger partial charge in [0.2, 0.25) is 0 Å². The summed E-state index contributed by atoms with van der Waals surface area (Å²) in [5, 5.41) is 6.82. The van der Waals surface area contributed by atoms with Crippen molar-refractivity contribution in [3.05, 3.63) is 131 Å². The van der Waals surface area contributed by atoms with Crippen LogP contribution in [0.4, 0.5) is 10.1 Å². The molecule has 4 aromatic carbocycles. The summed E-state index contributed by atoms with van der Waals surface area (Å²) in [7, 11) is 0. The number of para-hydroxylation sites is 2. The van der Waals surface area contributed by atoms with Crippen molar-refractivity contribution >= 4 is 17.3 Å². The fourth-order valence-corrected chi connectivity index (χ4v) is 5.56. The van der Waals surface area contributed by atoms with E-state index >= 15 is 0 Å². The first-order valence-corrected chi connectivity index (χ1v) is 12.0. The lowest BCUT2D eigenvalue weighted by Gasteiger charge is -2.44. The Balaban J connectivity index is 1.40. The number of benzene rings is 4. The molecule has 0 fully saturated rings. The summed E-state index contributed by atoms with van der Waals surface area (Å²) in [6, 6.07) is 31.7. The van der Waals surface area contributed by atoms with Crippen molar-refractivity contribution < 1.29 is 13.9 Å². The van der Waals surface area contributed by atoms with E-state index in [1.165, 1.54) is 12.1 Å². The van der Waals surface area contributed by atoms with Crippen molar-refractivity contribution in [3.8, 4) is 5.75 Å². The zero-order chi connectivity index (χ0) is 24.3. The molecule has 1 amide bonds. The average molecular weight is 476 g/mol. The molecular formula is C30H22FN3O2. The Morgan fingerprint density at radius 1 is 0.889 bits per heavy atom. The van der Waals surface area contributed by atoms with Crippen molar-refractivity contribution in [2.45, 2.75) is 24.7 Å². The van der Waals surface area contributed by atoms with Gasteiger partial charge in [0, 0.05) is 12.0 Å². The Morgan fingerprint density at radius 2 is 1.61 bits per heavy atom. The fraction of sp³-hybridized carbons (Fsp3) is 0.133. The topological polar surface area (TPSA) is 45.1 Å². The van der Waals surface area contributed by atoms with Gasteiger partial charge in [0.05, 0.1) is 29.5 Å². The highest BCUT2D eigenvalue weighted by Gasteiger charge is 2.63. The number of ether oxygens (including phenoxy) is 1. The van der Waals surface area contributed by atoms with E-state index in [0.29, 0.717) is 18.7 Å². The van der Waals surface area contributed by atoms with Gasteiger partial charge >= 0.3 is 5.72 Å². The Kier molecular flexibility index (Phi) is 4.51. The SMILES string of the molecule is O=C1N(Cc2ccccc2)c2ccccc2[C@]12Oc1ccccc1[C@@H]1CC(c3ccc(F)cc3)=NN12. The Hall–Kier alpha value is -4.45. The highest BCUT2D eigenvalue weighted by atomic mass is 19.1. The molecule has 176 valence electrons. The van der Waals surface area contributed by atoms with Gasteiger partial charge < -0.3 is 9.64 Å². The maximum atomic E-state index is 14.4. The van der Waals surface area contributed by atoms with Gasteiger partial charge in [0.15, 0.2) is 0 Å². The molecule has 6 heteroatoms. The molecule has 0 N–H and O–H groups in total. The van der Waals surface area contributed by atoms with E-state index in [1.54, 1.807) is 17.0 Å². The highest BCUT2D eigenvalue weighted by molar-refractivity contribution is 6.08. The Bertz CT molecular complexity index is 1520. The molecule has 0 saturated heterocycles. The predicted octanol–water partition coefficient (Wildman–Crippen LogP) is 5.77. The van der Waals surface area contributed by atoms with Crippen LogP contribution in [-0.2, 0) is 17.1 Å². The highest BCUT2D eigenvalue weighted by Crippen LogP contribution is 2.55. The Labute approximate surface area is 208 Å². The molecule has 0 aliphatic carbocycles. The van der Waals surface area contributed by atoms with Crippen LogP contribution in [0.2, 0.25) is 0 Å². The summed E-state index contributed by atoms with van der Waals surface area (Å²) in [6.45, 7) is 0.427. The number of carbonyl (C=O) groups is 1. The maximum Gasteiger partial charge on any atom is 0.306 e. The third-order valence-electron chi connectivity index (χ3n) is 7.22. The third kappa shape index (κ3) is 2.94. The van der Waals surface area contributed by atoms with E-state index in [4.69, 9.17) is 9.84 Å². The van der Waals surface area contributed by atoms with Gasteiger partial charge in [0.25, 0.3) is 5.91 Å². The second-order valence-corrected chi connectivity index (χ2v) is 9.30. The minimum Gasteiger partial charge on any atom is -0.453 e. The smallest absolute Gasteiger partial charge is 0.306 e. The summed E-state index contributed by atoms with van der Waals surface area (Å²) in [5.74, 6) is 0.215. The lowest BCUT2D eigenvalue weighted by molar-refractivity contribution is -0.164. The molecule has 2 atom stereocenters. The first-order chi connectivity index (χ1) is 17.6. The number of hydrogen-bond acceptors (Lipinski definition) is 4. The second kappa shape index (κ2) is 7.78. The quantitative estimate of drug-likeness (QED) is 0.378. The summed E-state index contributed by atoms with van der Waals surface area (Å²) in [4.78, 5) is 16.2. The monoisotopic (exact) mass is 475 g/mol. The largest absolute Gasteiger partial charge is 0.453 e. The van der Waals surface area contributed by atoms with E-state index in [2.05, 4.69) is 0 Å². The average Bonchev–Trinajstić information content (AvgIpc) is 3.46. The molecule has 3 aliphatic heterocycles. The van der Waals surface area contributed by atoms with Gasteiger partial charge in [-0.25, -0.2) is 9.40 Å². The van der Waals surface area contributed by atoms with Crippen LogP contribution in [0.5, 0.6) is 5.75 Å². The molecule has 0 unspecified atom stereocenters. The number of amides is 1. The number of carbonyl (C=O) groups excluding carboxylic acids is 1. The number of halogens is 1. The summed E-state index contributed by atoms with van der Waals surface area (Å²) < 4.78 is 20.3. The van der Waals surface area contributed by atoms with Crippen LogP contribution < -0.4 is 9.64 Å². The molecule has 1 spiro atoms. The Morgan fingerprint density at radius 3 is 2.44 bits per heavy atom.